The van der Waals surface area contributed by atoms with Gasteiger partial charge in [-0.25, -0.2) is 8.42 Å². The Morgan fingerprint density at radius 3 is 2.57 bits per heavy atom. The van der Waals surface area contributed by atoms with Crippen LogP contribution in [0.15, 0.2) is 70.2 Å². The van der Waals surface area contributed by atoms with Crippen molar-refractivity contribution in [1.82, 2.24) is 9.21 Å². The molecule has 0 saturated carbocycles. The first kappa shape index (κ1) is 25.3. The summed E-state index contributed by atoms with van der Waals surface area (Å²) in [5, 5.41) is 0. The first-order valence-corrected chi connectivity index (χ1v) is 13.7. The van der Waals surface area contributed by atoms with Crippen molar-refractivity contribution in [3.05, 3.63) is 77.7 Å². The topological polar surface area (TPSA) is 98.5 Å². The molecule has 2 aliphatic heterocycles. The second-order valence-corrected chi connectivity index (χ2v) is 11.2. The van der Waals surface area contributed by atoms with Gasteiger partial charge in [-0.15, -0.1) is 0 Å². The van der Waals surface area contributed by atoms with Gasteiger partial charge in [0.25, 0.3) is 0 Å². The average Bonchev–Trinajstić information content (AvgIpc) is 3.66. The van der Waals surface area contributed by atoms with Crippen molar-refractivity contribution in [3.8, 4) is 11.5 Å². The maximum atomic E-state index is 13.7. The SMILES string of the molecule is Cc1ccc(S(=O)(=O)N(CC(=O)N(Cc2ccc3c(c2)OCO3)Cc2ccco2)CC2CCCO2)cc1. The fourth-order valence-corrected chi connectivity index (χ4v) is 5.88. The van der Waals surface area contributed by atoms with Crippen molar-refractivity contribution in [2.45, 2.75) is 43.9 Å². The molecular weight excluding hydrogens is 496 g/mol. The molecule has 1 atom stereocenters. The highest BCUT2D eigenvalue weighted by atomic mass is 32.2. The number of carbonyl (C=O) groups excluding carboxylic acids is 1. The van der Waals surface area contributed by atoms with Crippen LogP contribution in [0.2, 0.25) is 0 Å². The Morgan fingerprint density at radius 2 is 1.84 bits per heavy atom. The zero-order valence-corrected chi connectivity index (χ0v) is 21.5. The highest BCUT2D eigenvalue weighted by Crippen LogP contribution is 2.33. The van der Waals surface area contributed by atoms with E-state index in [0.717, 1.165) is 24.0 Å². The molecule has 3 aromatic rings. The van der Waals surface area contributed by atoms with E-state index in [1.165, 1.54) is 4.31 Å². The summed E-state index contributed by atoms with van der Waals surface area (Å²) < 4.78 is 50.6. The van der Waals surface area contributed by atoms with Gasteiger partial charge in [0.15, 0.2) is 11.5 Å². The van der Waals surface area contributed by atoms with E-state index in [2.05, 4.69) is 0 Å². The predicted octanol–water partition coefficient (Wildman–Crippen LogP) is 3.72. The smallest absolute Gasteiger partial charge is 0.243 e. The monoisotopic (exact) mass is 526 g/mol. The molecule has 196 valence electrons. The van der Waals surface area contributed by atoms with E-state index < -0.39 is 10.0 Å². The summed E-state index contributed by atoms with van der Waals surface area (Å²) in [6, 6.07) is 15.7. The molecule has 0 spiro atoms. The number of fused-ring (bicyclic) bond motifs is 1. The first-order chi connectivity index (χ1) is 17.9. The van der Waals surface area contributed by atoms with Gasteiger partial charge in [0, 0.05) is 19.7 Å². The lowest BCUT2D eigenvalue weighted by atomic mass is 10.2. The number of hydrogen-bond donors (Lipinski definition) is 0. The van der Waals surface area contributed by atoms with E-state index in [1.54, 1.807) is 53.6 Å². The van der Waals surface area contributed by atoms with Crippen molar-refractivity contribution in [1.29, 1.82) is 0 Å². The van der Waals surface area contributed by atoms with Crippen LogP contribution in [-0.2, 0) is 32.6 Å². The molecule has 1 amide bonds. The van der Waals surface area contributed by atoms with Crippen LogP contribution < -0.4 is 9.47 Å². The molecule has 0 aliphatic carbocycles. The second kappa shape index (κ2) is 11.0. The number of amides is 1. The average molecular weight is 527 g/mol. The number of hydrogen-bond acceptors (Lipinski definition) is 7. The molecule has 1 fully saturated rings. The van der Waals surface area contributed by atoms with Gasteiger partial charge < -0.3 is 23.5 Å². The number of aryl methyl sites for hydroxylation is 1. The third kappa shape index (κ3) is 5.98. The van der Waals surface area contributed by atoms with E-state index in [9.17, 15) is 13.2 Å². The molecule has 37 heavy (non-hydrogen) atoms. The van der Waals surface area contributed by atoms with Crippen molar-refractivity contribution < 1.29 is 31.8 Å². The molecule has 2 aliphatic rings. The molecule has 5 rings (SSSR count). The van der Waals surface area contributed by atoms with Crippen molar-refractivity contribution in [2.75, 3.05) is 26.5 Å². The molecule has 0 N–H and O–H groups in total. The highest BCUT2D eigenvalue weighted by Gasteiger charge is 2.32. The number of furan rings is 1. The number of ether oxygens (including phenoxy) is 3. The molecule has 9 nitrogen and oxygen atoms in total. The molecule has 1 aromatic heterocycles. The van der Waals surface area contributed by atoms with Gasteiger partial charge in [0.1, 0.15) is 5.76 Å². The minimum absolute atomic E-state index is 0.112. The number of nitrogens with zero attached hydrogens (tertiary/aromatic N) is 2. The van der Waals surface area contributed by atoms with E-state index in [-0.39, 0.29) is 49.9 Å². The van der Waals surface area contributed by atoms with E-state index >= 15 is 0 Å². The Bertz CT molecular complexity index is 1320. The second-order valence-electron chi connectivity index (χ2n) is 9.26. The van der Waals surface area contributed by atoms with Crippen LogP contribution in [0.5, 0.6) is 11.5 Å². The fraction of sp³-hybridized carbons (Fsp3) is 0.370. The summed E-state index contributed by atoms with van der Waals surface area (Å²) >= 11 is 0. The van der Waals surface area contributed by atoms with E-state index in [4.69, 9.17) is 18.6 Å². The number of carbonyl (C=O) groups is 1. The Morgan fingerprint density at radius 1 is 1.03 bits per heavy atom. The Kier molecular flexibility index (Phi) is 7.50. The highest BCUT2D eigenvalue weighted by molar-refractivity contribution is 7.89. The summed E-state index contributed by atoms with van der Waals surface area (Å²) in [5.41, 5.74) is 1.78. The van der Waals surface area contributed by atoms with Crippen LogP contribution in [0.1, 0.15) is 29.7 Å². The first-order valence-electron chi connectivity index (χ1n) is 12.3. The van der Waals surface area contributed by atoms with Crippen LogP contribution in [0.3, 0.4) is 0 Å². The lowest BCUT2D eigenvalue weighted by Gasteiger charge is -2.28. The molecule has 2 aromatic carbocycles. The minimum Gasteiger partial charge on any atom is -0.467 e. The Hall–Kier alpha value is -3.34. The third-order valence-corrected chi connectivity index (χ3v) is 8.32. The number of sulfonamides is 1. The van der Waals surface area contributed by atoms with Crippen LogP contribution in [0.4, 0.5) is 0 Å². The predicted molar refractivity (Wildman–Crippen MR) is 134 cm³/mol. The van der Waals surface area contributed by atoms with Crippen LogP contribution in [0.25, 0.3) is 0 Å². The van der Waals surface area contributed by atoms with Gasteiger partial charge in [0.05, 0.1) is 30.4 Å². The van der Waals surface area contributed by atoms with Gasteiger partial charge >= 0.3 is 0 Å². The van der Waals surface area contributed by atoms with E-state index in [0.29, 0.717) is 23.9 Å². The van der Waals surface area contributed by atoms with Gasteiger partial charge in [-0.2, -0.15) is 4.31 Å². The van der Waals surface area contributed by atoms with Gasteiger partial charge in [-0.3, -0.25) is 4.79 Å². The molecular formula is C27H30N2O7S. The quantitative estimate of drug-likeness (QED) is 0.397. The fourth-order valence-electron chi connectivity index (χ4n) is 4.46. The van der Waals surface area contributed by atoms with Gasteiger partial charge in [0.2, 0.25) is 22.7 Å². The Labute approximate surface area is 216 Å². The molecule has 10 heteroatoms. The zero-order chi connectivity index (χ0) is 25.8. The van der Waals surface area contributed by atoms with Crippen LogP contribution >= 0.6 is 0 Å². The van der Waals surface area contributed by atoms with Crippen molar-refractivity contribution in [3.63, 3.8) is 0 Å². The summed E-state index contributed by atoms with van der Waals surface area (Å²) in [5.74, 6) is 1.52. The lowest BCUT2D eigenvalue weighted by Crippen LogP contribution is -2.45. The minimum atomic E-state index is -3.93. The molecule has 0 radical (unpaired) electrons. The molecule has 0 bridgehead atoms. The van der Waals surface area contributed by atoms with Crippen LogP contribution in [-0.4, -0.2) is 56.1 Å². The largest absolute Gasteiger partial charge is 0.467 e. The zero-order valence-electron chi connectivity index (χ0n) is 20.7. The van der Waals surface area contributed by atoms with Gasteiger partial charge in [-0.1, -0.05) is 23.8 Å². The number of rotatable bonds is 10. The molecule has 3 heterocycles. The summed E-state index contributed by atoms with van der Waals surface area (Å²) in [6.45, 7) is 2.87. The normalized spacial score (nSPS) is 16.9. The maximum absolute atomic E-state index is 13.7. The van der Waals surface area contributed by atoms with Gasteiger partial charge in [-0.05, 0) is 61.7 Å². The summed E-state index contributed by atoms with van der Waals surface area (Å²) in [4.78, 5) is 15.4. The lowest BCUT2D eigenvalue weighted by molar-refractivity contribution is -0.133. The number of benzene rings is 2. The third-order valence-electron chi connectivity index (χ3n) is 6.49. The van der Waals surface area contributed by atoms with Crippen LogP contribution in [0, 0.1) is 6.92 Å². The molecule has 1 saturated heterocycles. The maximum Gasteiger partial charge on any atom is 0.243 e. The standard InChI is InChI=1S/C27H30N2O7S/c1-20-6-9-24(10-7-20)37(31,32)29(17-23-5-3-13-34-23)18-27(30)28(16-22-4-2-12-33-22)15-21-8-11-25-26(14-21)36-19-35-25/h2,4,6-12,14,23H,3,5,13,15-19H2,1H3. The summed E-state index contributed by atoms with van der Waals surface area (Å²) in [7, 11) is -3.93. The van der Waals surface area contributed by atoms with Crippen molar-refractivity contribution >= 4 is 15.9 Å². The molecule has 1 unspecified atom stereocenters. The summed E-state index contributed by atoms with van der Waals surface area (Å²) in [6.07, 6.45) is 2.91. The van der Waals surface area contributed by atoms with E-state index in [1.807, 2.05) is 19.1 Å². The Balaban J connectivity index is 1.40. The van der Waals surface area contributed by atoms with Crippen molar-refractivity contribution in [2.24, 2.45) is 0 Å².